The summed E-state index contributed by atoms with van der Waals surface area (Å²) in [5, 5.41) is 19.5. The van der Waals surface area contributed by atoms with E-state index in [-0.39, 0.29) is 18.3 Å². The summed E-state index contributed by atoms with van der Waals surface area (Å²) in [5.41, 5.74) is 3.68. The molecule has 0 amide bonds. The number of ketones is 1. The minimum Gasteiger partial charge on any atom is -0.454 e. The molecule has 136 valence electrons. The van der Waals surface area contributed by atoms with Crippen molar-refractivity contribution >= 4 is 22.9 Å². The zero-order valence-corrected chi connectivity index (χ0v) is 14.7. The molecular formula is C19H15N3O5. The Bertz CT molecular complexity index is 1060. The van der Waals surface area contributed by atoms with Crippen LogP contribution in [0.2, 0.25) is 0 Å². The van der Waals surface area contributed by atoms with E-state index >= 15 is 0 Å². The van der Waals surface area contributed by atoms with Gasteiger partial charge in [0.25, 0.3) is 5.69 Å². The molecule has 0 fully saturated rings. The number of fused-ring (bicyclic) bond motifs is 2. The highest BCUT2D eigenvalue weighted by atomic mass is 16.7. The molecule has 8 nitrogen and oxygen atoms in total. The van der Waals surface area contributed by atoms with E-state index in [9.17, 15) is 14.9 Å². The third-order valence-corrected chi connectivity index (χ3v) is 4.56. The second kappa shape index (κ2) is 6.31. The first-order chi connectivity index (χ1) is 12.9. The first kappa shape index (κ1) is 16.9. The minimum atomic E-state index is -0.425. The molecule has 0 aromatic heterocycles. The number of aryl methyl sites for hydroxylation is 1. The normalized spacial score (nSPS) is 14.7. The van der Waals surface area contributed by atoms with Crippen molar-refractivity contribution < 1.29 is 19.2 Å². The van der Waals surface area contributed by atoms with Crippen LogP contribution in [0, 0.1) is 17.0 Å². The SMILES string of the molecule is CC(=O)C1=NN=C(c2ccc([N+](=O)[O-])c(C)c2)c2cc3c(cc2C1)OCO3. The van der Waals surface area contributed by atoms with E-state index in [0.29, 0.717) is 40.5 Å². The summed E-state index contributed by atoms with van der Waals surface area (Å²) in [4.78, 5) is 22.6. The molecule has 0 spiro atoms. The molecule has 0 saturated heterocycles. The van der Waals surface area contributed by atoms with Gasteiger partial charge in [0.15, 0.2) is 17.3 Å². The van der Waals surface area contributed by atoms with Crippen LogP contribution in [0.4, 0.5) is 5.69 Å². The van der Waals surface area contributed by atoms with E-state index in [4.69, 9.17) is 9.47 Å². The Balaban J connectivity index is 1.90. The minimum absolute atomic E-state index is 0.0341. The van der Waals surface area contributed by atoms with Gasteiger partial charge < -0.3 is 9.47 Å². The van der Waals surface area contributed by atoms with E-state index in [0.717, 1.165) is 11.1 Å². The molecule has 0 aliphatic carbocycles. The molecule has 0 unspecified atom stereocenters. The summed E-state index contributed by atoms with van der Waals surface area (Å²) in [6, 6.07) is 8.41. The number of carbonyl (C=O) groups excluding carboxylic acids is 1. The number of carbonyl (C=O) groups is 1. The van der Waals surface area contributed by atoms with Gasteiger partial charge in [-0.15, -0.1) is 5.10 Å². The third kappa shape index (κ3) is 2.95. The Morgan fingerprint density at radius 3 is 2.56 bits per heavy atom. The molecular weight excluding hydrogens is 350 g/mol. The fourth-order valence-corrected chi connectivity index (χ4v) is 3.15. The summed E-state index contributed by atoms with van der Waals surface area (Å²) in [6.07, 6.45) is 0.320. The van der Waals surface area contributed by atoms with Gasteiger partial charge in [-0.05, 0) is 36.8 Å². The van der Waals surface area contributed by atoms with Gasteiger partial charge in [0.1, 0.15) is 11.4 Å². The van der Waals surface area contributed by atoms with Crippen molar-refractivity contribution in [3.05, 3.63) is 62.7 Å². The van der Waals surface area contributed by atoms with Crippen LogP contribution < -0.4 is 9.47 Å². The number of benzene rings is 2. The Morgan fingerprint density at radius 2 is 1.89 bits per heavy atom. The molecule has 0 bridgehead atoms. The summed E-state index contributed by atoms with van der Waals surface area (Å²) in [7, 11) is 0. The Labute approximate surface area is 154 Å². The fraction of sp³-hybridized carbons (Fsp3) is 0.211. The van der Waals surface area contributed by atoms with Crippen LogP contribution in [-0.4, -0.2) is 28.9 Å². The smallest absolute Gasteiger partial charge is 0.272 e. The molecule has 4 rings (SSSR count). The maximum absolute atomic E-state index is 11.9. The standard InChI is InChI=1S/C19H15N3O5/c1-10-5-12(3-4-16(10)22(24)25)19-14-8-18-17(26-9-27-18)7-13(14)6-15(11(2)23)20-21-19/h3-5,7-8H,6,9H2,1-2H3. The third-order valence-electron chi connectivity index (χ3n) is 4.56. The van der Waals surface area contributed by atoms with Crippen molar-refractivity contribution in [2.75, 3.05) is 6.79 Å². The van der Waals surface area contributed by atoms with Crippen LogP contribution in [0.3, 0.4) is 0 Å². The average molecular weight is 365 g/mol. The molecule has 2 aliphatic rings. The van der Waals surface area contributed by atoms with Crippen LogP contribution >= 0.6 is 0 Å². The topological polar surface area (TPSA) is 103 Å². The molecule has 2 aromatic carbocycles. The highest BCUT2D eigenvalue weighted by Gasteiger charge is 2.25. The first-order valence-electron chi connectivity index (χ1n) is 8.28. The molecule has 27 heavy (non-hydrogen) atoms. The molecule has 0 atom stereocenters. The Hall–Kier alpha value is -3.55. The van der Waals surface area contributed by atoms with Gasteiger partial charge in [-0.3, -0.25) is 14.9 Å². The largest absolute Gasteiger partial charge is 0.454 e. The van der Waals surface area contributed by atoms with Crippen LogP contribution in [0.1, 0.15) is 29.2 Å². The number of rotatable bonds is 3. The average Bonchev–Trinajstić information content (AvgIpc) is 2.98. The van der Waals surface area contributed by atoms with E-state index in [1.54, 1.807) is 19.1 Å². The number of hydrogen-bond acceptors (Lipinski definition) is 7. The lowest BCUT2D eigenvalue weighted by molar-refractivity contribution is -0.385. The van der Waals surface area contributed by atoms with Gasteiger partial charge in [-0.25, -0.2) is 0 Å². The number of Topliss-reactive ketones (excluding diaryl/α,β-unsaturated/α-hetero) is 1. The van der Waals surface area contributed by atoms with E-state index in [2.05, 4.69) is 10.2 Å². The molecule has 2 heterocycles. The number of nitrogens with zero attached hydrogens (tertiary/aromatic N) is 3. The molecule has 2 aliphatic heterocycles. The molecule has 2 aromatic rings. The molecule has 8 heteroatoms. The number of nitro benzene ring substituents is 1. The summed E-state index contributed by atoms with van der Waals surface area (Å²) in [6.45, 7) is 3.25. The Kier molecular flexibility index (Phi) is 3.95. The van der Waals surface area contributed by atoms with Gasteiger partial charge in [0, 0.05) is 36.1 Å². The van der Waals surface area contributed by atoms with E-state index < -0.39 is 4.92 Å². The second-order valence-electron chi connectivity index (χ2n) is 6.35. The van der Waals surface area contributed by atoms with Crippen molar-refractivity contribution in [2.24, 2.45) is 10.2 Å². The lowest BCUT2D eigenvalue weighted by atomic mass is 9.93. The predicted octanol–water partition coefficient (Wildman–Crippen LogP) is 2.97. The van der Waals surface area contributed by atoms with Crippen molar-refractivity contribution in [2.45, 2.75) is 20.3 Å². The van der Waals surface area contributed by atoms with E-state index in [1.165, 1.54) is 13.0 Å². The fourth-order valence-electron chi connectivity index (χ4n) is 3.15. The predicted molar refractivity (Wildman–Crippen MR) is 97.9 cm³/mol. The van der Waals surface area contributed by atoms with Gasteiger partial charge >= 0.3 is 0 Å². The maximum atomic E-state index is 11.9. The van der Waals surface area contributed by atoms with E-state index in [1.807, 2.05) is 12.1 Å². The molecule has 0 saturated carbocycles. The summed E-state index contributed by atoms with van der Waals surface area (Å²) in [5.74, 6) is 1.03. The first-order valence-corrected chi connectivity index (χ1v) is 8.28. The van der Waals surface area contributed by atoms with Crippen molar-refractivity contribution in [1.29, 1.82) is 0 Å². The highest BCUT2D eigenvalue weighted by molar-refractivity contribution is 6.40. The zero-order valence-electron chi connectivity index (χ0n) is 14.7. The van der Waals surface area contributed by atoms with Gasteiger partial charge in [0.05, 0.1) is 4.92 Å². The molecule has 0 radical (unpaired) electrons. The lowest BCUT2D eigenvalue weighted by Crippen LogP contribution is -2.13. The second-order valence-corrected chi connectivity index (χ2v) is 6.35. The van der Waals surface area contributed by atoms with Crippen molar-refractivity contribution in [3.8, 4) is 11.5 Å². The number of nitro groups is 1. The lowest BCUT2D eigenvalue weighted by Gasteiger charge is -2.11. The van der Waals surface area contributed by atoms with Crippen LogP contribution in [-0.2, 0) is 11.2 Å². The van der Waals surface area contributed by atoms with Gasteiger partial charge in [0.2, 0.25) is 6.79 Å². The zero-order chi connectivity index (χ0) is 19.1. The quantitative estimate of drug-likeness (QED) is 0.614. The molecule has 0 N–H and O–H groups in total. The Morgan fingerprint density at radius 1 is 1.15 bits per heavy atom. The monoisotopic (exact) mass is 365 g/mol. The van der Waals surface area contributed by atoms with Crippen molar-refractivity contribution in [3.63, 3.8) is 0 Å². The van der Waals surface area contributed by atoms with Crippen LogP contribution in [0.15, 0.2) is 40.5 Å². The number of hydrogen-bond donors (Lipinski definition) is 0. The summed E-state index contributed by atoms with van der Waals surface area (Å²) >= 11 is 0. The van der Waals surface area contributed by atoms with Crippen LogP contribution in [0.5, 0.6) is 11.5 Å². The van der Waals surface area contributed by atoms with Gasteiger partial charge in [-0.1, -0.05) is 0 Å². The summed E-state index contributed by atoms with van der Waals surface area (Å²) < 4.78 is 10.9. The van der Waals surface area contributed by atoms with Gasteiger partial charge in [-0.2, -0.15) is 5.10 Å². The van der Waals surface area contributed by atoms with Crippen LogP contribution in [0.25, 0.3) is 0 Å². The van der Waals surface area contributed by atoms with Crippen molar-refractivity contribution in [1.82, 2.24) is 0 Å². The highest BCUT2D eigenvalue weighted by Crippen LogP contribution is 2.37. The maximum Gasteiger partial charge on any atom is 0.272 e. The number of ether oxygens (including phenoxy) is 2.